The number of aliphatic hydroxyl groups excluding tert-OH is 1. The van der Waals surface area contributed by atoms with Crippen LogP contribution in [0.2, 0.25) is 0 Å². The molecule has 0 radical (unpaired) electrons. The molecule has 128 valence electrons. The fourth-order valence-electron chi connectivity index (χ4n) is 3.11. The van der Waals surface area contributed by atoms with E-state index in [0.717, 1.165) is 30.8 Å². The van der Waals surface area contributed by atoms with Crippen molar-refractivity contribution >= 4 is 0 Å². The van der Waals surface area contributed by atoms with Crippen LogP contribution in [0, 0.1) is 0 Å². The van der Waals surface area contributed by atoms with Gasteiger partial charge in [0, 0.05) is 19.6 Å². The summed E-state index contributed by atoms with van der Waals surface area (Å²) in [6.07, 6.45) is 0.539. The van der Waals surface area contributed by atoms with Gasteiger partial charge < -0.3 is 14.6 Å². The van der Waals surface area contributed by atoms with Crippen LogP contribution in [0.1, 0.15) is 16.7 Å². The van der Waals surface area contributed by atoms with Gasteiger partial charge in [0.05, 0.1) is 26.4 Å². The van der Waals surface area contributed by atoms with Crippen LogP contribution >= 0.6 is 0 Å². The van der Waals surface area contributed by atoms with Gasteiger partial charge in [-0.05, 0) is 35.2 Å². The van der Waals surface area contributed by atoms with Crippen molar-refractivity contribution in [1.82, 2.24) is 4.90 Å². The summed E-state index contributed by atoms with van der Waals surface area (Å²) in [7, 11) is 1.69. The van der Waals surface area contributed by atoms with Gasteiger partial charge in [-0.1, -0.05) is 36.4 Å². The first-order valence-electron chi connectivity index (χ1n) is 8.42. The Balaban J connectivity index is 1.46. The minimum Gasteiger partial charge on any atom is -0.497 e. The Morgan fingerprint density at radius 3 is 2.75 bits per heavy atom. The highest BCUT2D eigenvalue weighted by Crippen LogP contribution is 2.23. The molecule has 2 aromatic rings. The Bertz CT molecular complexity index is 645. The van der Waals surface area contributed by atoms with E-state index >= 15 is 0 Å². The highest BCUT2D eigenvalue weighted by molar-refractivity contribution is 5.37. The predicted octanol–water partition coefficient (Wildman–Crippen LogP) is 2.63. The van der Waals surface area contributed by atoms with Crippen LogP contribution in [0.25, 0.3) is 0 Å². The van der Waals surface area contributed by atoms with Gasteiger partial charge in [0.15, 0.2) is 0 Å². The van der Waals surface area contributed by atoms with Crippen LogP contribution in [0.15, 0.2) is 48.5 Å². The number of aliphatic hydroxyl groups is 1. The summed E-state index contributed by atoms with van der Waals surface area (Å²) in [5, 5.41) is 10.2. The van der Waals surface area contributed by atoms with Crippen molar-refractivity contribution in [2.45, 2.75) is 25.7 Å². The lowest BCUT2D eigenvalue weighted by molar-refractivity contribution is 0.00773. The Morgan fingerprint density at radius 2 is 1.96 bits per heavy atom. The smallest absolute Gasteiger partial charge is 0.119 e. The molecule has 24 heavy (non-hydrogen) atoms. The summed E-state index contributed by atoms with van der Waals surface area (Å²) in [6, 6.07) is 16.3. The van der Waals surface area contributed by atoms with Crippen LogP contribution < -0.4 is 4.74 Å². The molecule has 0 aromatic heterocycles. The van der Waals surface area contributed by atoms with Gasteiger partial charge in [0.2, 0.25) is 0 Å². The van der Waals surface area contributed by atoms with Gasteiger partial charge >= 0.3 is 0 Å². The molecular weight excluding hydrogens is 302 g/mol. The van der Waals surface area contributed by atoms with Crippen molar-refractivity contribution in [2.24, 2.45) is 0 Å². The number of nitrogens with zero attached hydrogens (tertiary/aromatic N) is 1. The number of hydrogen-bond acceptors (Lipinski definition) is 4. The fraction of sp³-hybridized carbons (Fsp3) is 0.400. The molecule has 1 aliphatic heterocycles. The topological polar surface area (TPSA) is 41.9 Å². The van der Waals surface area contributed by atoms with Crippen molar-refractivity contribution in [3.05, 3.63) is 65.2 Å². The summed E-state index contributed by atoms with van der Waals surface area (Å²) >= 11 is 0. The molecule has 0 bridgehead atoms. The van der Waals surface area contributed by atoms with Gasteiger partial charge in [-0.3, -0.25) is 4.90 Å². The normalized spacial score (nSPS) is 15.8. The molecule has 0 fully saturated rings. The number of methoxy groups -OCH3 is 1. The average molecular weight is 327 g/mol. The summed E-state index contributed by atoms with van der Waals surface area (Å²) < 4.78 is 10.9. The maximum Gasteiger partial charge on any atom is 0.119 e. The number of rotatable bonds is 7. The summed E-state index contributed by atoms with van der Waals surface area (Å²) in [6.45, 7) is 3.34. The second-order valence-corrected chi connectivity index (χ2v) is 6.27. The molecule has 1 N–H and O–H groups in total. The number of hydrogen-bond donors (Lipinski definition) is 1. The van der Waals surface area contributed by atoms with Gasteiger partial charge in [-0.2, -0.15) is 0 Å². The Morgan fingerprint density at radius 1 is 1.12 bits per heavy atom. The van der Waals surface area contributed by atoms with Gasteiger partial charge in [-0.15, -0.1) is 0 Å². The van der Waals surface area contributed by atoms with Gasteiger partial charge in [-0.25, -0.2) is 0 Å². The van der Waals surface area contributed by atoms with Crippen molar-refractivity contribution in [3.8, 4) is 5.75 Å². The Labute approximate surface area is 143 Å². The number of β-amino-alcohol motifs (C(OH)–C–C–N with tert-alkyl or cyclic N) is 1. The third kappa shape index (κ3) is 4.57. The lowest BCUT2D eigenvalue weighted by Gasteiger charge is -2.30. The average Bonchev–Trinajstić information content (AvgIpc) is 2.62. The molecule has 3 rings (SSSR count). The molecule has 0 saturated carbocycles. The first-order chi connectivity index (χ1) is 11.7. The van der Waals surface area contributed by atoms with Crippen molar-refractivity contribution < 1.29 is 14.6 Å². The third-order valence-electron chi connectivity index (χ3n) is 4.40. The van der Waals surface area contributed by atoms with Gasteiger partial charge in [0.1, 0.15) is 5.75 Å². The highest BCUT2D eigenvalue weighted by Gasteiger charge is 2.19. The predicted molar refractivity (Wildman–Crippen MR) is 94.1 cm³/mol. The zero-order chi connectivity index (χ0) is 16.8. The van der Waals surface area contributed by atoms with Crippen LogP contribution in [0.4, 0.5) is 0 Å². The van der Waals surface area contributed by atoms with E-state index in [1.807, 2.05) is 36.4 Å². The van der Waals surface area contributed by atoms with Crippen molar-refractivity contribution in [2.75, 3.05) is 26.8 Å². The minimum absolute atomic E-state index is 0.358. The molecule has 4 nitrogen and oxygen atoms in total. The fourth-order valence-corrected chi connectivity index (χ4v) is 3.11. The molecular formula is C20H25NO3. The first-order valence-corrected chi connectivity index (χ1v) is 8.42. The SMILES string of the molecule is COc1ccc2c(c1)CN(CC(O)COCc1ccccc1)CC2. The zero-order valence-corrected chi connectivity index (χ0v) is 14.1. The van der Waals surface area contributed by atoms with E-state index in [-0.39, 0.29) is 0 Å². The molecule has 1 aliphatic rings. The molecule has 0 amide bonds. The second-order valence-electron chi connectivity index (χ2n) is 6.27. The standard InChI is InChI=1S/C20H25NO3/c1-23-20-8-7-17-9-10-21(12-18(17)11-20)13-19(22)15-24-14-16-5-3-2-4-6-16/h2-8,11,19,22H,9-10,12-15H2,1H3. The van der Waals surface area contributed by atoms with E-state index in [9.17, 15) is 5.11 Å². The number of ether oxygens (including phenoxy) is 2. The molecule has 1 unspecified atom stereocenters. The molecule has 0 aliphatic carbocycles. The quantitative estimate of drug-likeness (QED) is 0.849. The maximum atomic E-state index is 10.2. The van der Waals surface area contributed by atoms with E-state index in [1.165, 1.54) is 11.1 Å². The molecule has 4 heteroatoms. The lowest BCUT2D eigenvalue weighted by Crippen LogP contribution is -2.38. The maximum absolute atomic E-state index is 10.2. The molecule has 1 heterocycles. The Hall–Kier alpha value is -1.88. The molecule has 1 atom stereocenters. The van der Waals surface area contributed by atoms with Crippen LogP contribution in [0.3, 0.4) is 0 Å². The van der Waals surface area contributed by atoms with E-state index < -0.39 is 6.10 Å². The summed E-state index contributed by atoms with van der Waals surface area (Å²) in [4.78, 5) is 2.28. The summed E-state index contributed by atoms with van der Waals surface area (Å²) in [5.74, 6) is 0.891. The van der Waals surface area contributed by atoms with Crippen molar-refractivity contribution in [3.63, 3.8) is 0 Å². The first kappa shape index (κ1) is 17.0. The van der Waals surface area contributed by atoms with E-state index in [1.54, 1.807) is 7.11 Å². The number of benzene rings is 2. The minimum atomic E-state index is -0.471. The van der Waals surface area contributed by atoms with Crippen LogP contribution in [-0.4, -0.2) is 42.9 Å². The van der Waals surface area contributed by atoms with Crippen molar-refractivity contribution in [1.29, 1.82) is 0 Å². The van der Waals surface area contributed by atoms with Crippen LogP contribution in [0.5, 0.6) is 5.75 Å². The van der Waals surface area contributed by atoms with Crippen LogP contribution in [-0.2, 0) is 24.3 Å². The highest BCUT2D eigenvalue weighted by atomic mass is 16.5. The lowest BCUT2D eigenvalue weighted by atomic mass is 9.99. The summed E-state index contributed by atoms with van der Waals surface area (Å²) in [5.41, 5.74) is 3.79. The third-order valence-corrected chi connectivity index (χ3v) is 4.40. The number of fused-ring (bicyclic) bond motifs is 1. The van der Waals surface area contributed by atoms with E-state index in [0.29, 0.717) is 19.8 Å². The van der Waals surface area contributed by atoms with Gasteiger partial charge in [0.25, 0.3) is 0 Å². The molecule has 0 spiro atoms. The van der Waals surface area contributed by atoms with E-state index in [4.69, 9.17) is 9.47 Å². The second kappa shape index (κ2) is 8.29. The Kier molecular flexibility index (Phi) is 5.86. The monoisotopic (exact) mass is 327 g/mol. The van der Waals surface area contributed by atoms with E-state index in [2.05, 4.69) is 17.0 Å². The molecule has 0 saturated heterocycles. The molecule has 2 aromatic carbocycles. The zero-order valence-electron chi connectivity index (χ0n) is 14.1. The largest absolute Gasteiger partial charge is 0.497 e.